The highest BCUT2D eigenvalue weighted by Crippen LogP contribution is 2.11. The Morgan fingerprint density at radius 1 is 1.22 bits per heavy atom. The number of hydrogen-bond acceptors (Lipinski definition) is 3. The van der Waals surface area contributed by atoms with Gasteiger partial charge in [-0.2, -0.15) is 0 Å². The van der Waals surface area contributed by atoms with Gasteiger partial charge in [-0.15, -0.1) is 0 Å². The Morgan fingerprint density at radius 2 is 1.94 bits per heavy atom. The summed E-state index contributed by atoms with van der Waals surface area (Å²) in [6, 6.07) is 12.0. The van der Waals surface area contributed by atoms with Crippen LogP contribution in [0.4, 0.5) is 5.82 Å². The lowest BCUT2D eigenvalue weighted by Gasteiger charge is -2.06. The summed E-state index contributed by atoms with van der Waals surface area (Å²) in [5.41, 5.74) is 1.25. The minimum atomic E-state index is -0.925. The third kappa shape index (κ3) is 3.21. The number of rotatable bonds is 4. The van der Waals surface area contributed by atoms with Crippen LogP contribution < -0.4 is 5.32 Å². The van der Waals surface area contributed by atoms with Crippen LogP contribution in [0, 0.1) is 0 Å². The summed E-state index contributed by atoms with van der Waals surface area (Å²) in [6.07, 6.45) is 0. The number of nitrogens with one attached hydrogen (secondary N) is 1. The number of hydrogen-bond donors (Lipinski definition) is 2. The average Bonchev–Trinajstić information content (AvgIpc) is 2.37. The van der Waals surface area contributed by atoms with E-state index in [-0.39, 0.29) is 5.56 Å². The molecule has 2 aromatic rings. The summed E-state index contributed by atoms with van der Waals surface area (Å²) in [5.74, 6) is -0.240. The van der Waals surface area contributed by atoms with E-state index in [4.69, 9.17) is 16.7 Å². The molecule has 5 heteroatoms. The lowest BCUT2D eigenvalue weighted by atomic mass is 10.1. The summed E-state index contributed by atoms with van der Waals surface area (Å²) >= 11 is 5.77. The van der Waals surface area contributed by atoms with Gasteiger partial charge in [0.1, 0.15) is 11.0 Å². The largest absolute Gasteiger partial charge is 0.478 e. The van der Waals surface area contributed by atoms with Gasteiger partial charge in [-0.25, -0.2) is 9.78 Å². The molecule has 2 N–H and O–H groups in total. The van der Waals surface area contributed by atoms with Crippen molar-refractivity contribution in [1.82, 2.24) is 4.98 Å². The van der Waals surface area contributed by atoms with Crippen LogP contribution in [0.3, 0.4) is 0 Å². The first-order chi connectivity index (χ1) is 8.65. The molecule has 0 saturated heterocycles. The first kappa shape index (κ1) is 12.4. The average molecular weight is 263 g/mol. The van der Waals surface area contributed by atoms with Gasteiger partial charge in [0, 0.05) is 6.54 Å². The zero-order chi connectivity index (χ0) is 13.0. The molecule has 0 amide bonds. The Balaban J connectivity index is 2.00. The van der Waals surface area contributed by atoms with Crippen LogP contribution in [0.2, 0.25) is 5.15 Å². The van der Waals surface area contributed by atoms with Crippen LogP contribution in [-0.4, -0.2) is 16.1 Å². The molecule has 0 radical (unpaired) electrons. The number of aromatic nitrogens is 1. The van der Waals surface area contributed by atoms with Crippen molar-refractivity contribution in [1.29, 1.82) is 0 Å². The number of carboxylic acid groups (broad SMARTS) is 1. The molecule has 1 aromatic heterocycles. The number of carboxylic acids is 1. The molecule has 1 heterocycles. The zero-order valence-corrected chi connectivity index (χ0v) is 10.2. The smallest absolute Gasteiger partial charge is 0.335 e. The van der Waals surface area contributed by atoms with Crippen molar-refractivity contribution in [2.75, 3.05) is 5.32 Å². The summed E-state index contributed by atoms with van der Waals surface area (Å²) in [4.78, 5) is 14.8. The zero-order valence-electron chi connectivity index (χ0n) is 9.43. The van der Waals surface area contributed by atoms with Crippen molar-refractivity contribution >= 4 is 23.4 Å². The second kappa shape index (κ2) is 5.51. The highest BCUT2D eigenvalue weighted by atomic mass is 35.5. The van der Waals surface area contributed by atoms with Gasteiger partial charge in [-0.05, 0) is 29.8 Å². The van der Waals surface area contributed by atoms with Crippen molar-refractivity contribution < 1.29 is 9.90 Å². The predicted octanol–water partition coefficient (Wildman–Crippen LogP) is 3.05. The van der Waals surface area contributed by atoms with Gasteiger partial charge in [-0.1, -0.05) is 29.8 Å². The maximum absolute atomic E-state index is 10.7. The summed E-state index contributed by atoms with van der Waals surface area (Å²) in [5, 5.41) is 12.3. The molecule has 18 heavy (non-hydrogen) atoms. The van der Waals surface area contributed by atoms with E-state index >= 15 is 0 Å². The molecule has 0 bridgehead atoms. The van der Waals surface area contributed by atoms with Crippen molar-refractivity contribution in [3.05, 3.63) is 58.7 Å². The Kier molecular flexibility index (Phi) is 3.79. The van der Waals surface area contributed by atoms with E-state index < -0.39 is 5.97 Å². The fraction of sp³-hybridized carbons (Fsp3) is 0.0769. The number of pyridine rings is 1. The van der Waals surface area contributed by atoms with Gasteiger partial charge in [0.2, 0.25) is 0 Å². The maximum atomic E-state index is 10.7. The molecule has 0 spiro atoms. The van der Waals surface area contributed by atoms with E-state index in [1.807, 2.05) is 12.1 Å². The Morgan fingerprint density at radius 3 is 2.56 bits per heavy atom. The van der Waals surface area contributed by atoms with Crippen LogP contribution in [0.25, 0.3) is 0 Å². The van der Waals surface area contributed by atoms with Crippen LogP contribution in [0.1, 0.15) is 15.9 Å². The topological polar surface area (TPSA) is 62.2 Å². The first-order valence-electron chi connectivity index (χ1n) is 5.34. The fourth-order valence-electron chi connectivity index (χ4n) is 1.46. The molecule has 0 aliphatic rings. The second-order valence-corrected chi connectivity index (χ2v) is 4.09. The van der Waals surface area contributed by atoms with Gasteiger partial charge >= 0.3 is 5.97 Å². The number of anilines is 1. The van der Waals surface area contributed by atoms with E-state index in [1.54, 1.807) is 30.3 Å². The normalized spacial score (nSPS) is 10.1. The number of benzene rings is 1. The lowest BCUT2D eigenvalue weighted by Crippen LogP contribution is -2.02. The Bertz CT molecular complexity index is 555. The van der Waals surface area contributed by atoms with E-state index in [0.29, 0.717) is 17.5 Å². The predicted molar refractivity (Wildman–Crippen MR) is 70.0 cm³/mol. The molecule has 92 valence electrons. The molecule has 0 aliphatic heterocycles. The molecular formula is C13H11ClN2O2. The lowest BCUT2D eigenvalue weighted by molar-refractivity contribution is 0.0697. The monoisotopic (exact) mass is 262 g/mol. The van der Waals surface area contributed by atoms with E-state index in [2.05, 4.69) is 10.3 Å². The van der Waals surface area contributed by atoms with Crippen molar-refractivity contribution in [2.45, 2.75) is 6.54 Å². The van der Waals surface area contributed by atoms with E-state index in [0.717, 1.165) is 5.56 Å². The summed E-state index contributed by atoms with van der Waals surface area (Å²) in [6.45, 7) is 0.563. The van der Waals surface area contributed by atoms with Crippen molar-refractivity contribution in [2.24, 2.45) is 0 Å². The molecule has 2 rings (SSSR count). The third-order valence-electron chi connectivity index (χ3n) is 2.39. The number of nitrogens with zero attached hydrogens (tertiary/aromatic N) is 1. The Labute approximate surface area is 109 Å². The van der Waals surface area contributed by atoms with Crippen LogP contribution in [-0.2, 0) is 6.54 Å². The van der Waals surface area contributed by atoms with E-state index in [1.165, 1.54) is 0 Å². The molecule has 0 saturated carbocycles. The number of aromatic carboxylic acids is 1. The molecule has 0 aliphatic carbocycles. The SMILES string of the molecule is O=C(O)c1ccc(CNc2cccc(Cl)n2)cc1. The standard InChI is InChI=1S/C13H11ClN2O2/c14-11-2-1-3-12(16-11)15-8-9-4-6-10(7-5-9)13(17)18/h1-7H,8H2,(H,15,16)(H,17,18). The molecular weight excluding hydrogens is 252 g/mol. The van der Waals surface area contributed by atoms with Gasteiger partial charge in [0.15, 0.2) is 0 Å². The second-order valence-electron chi connectivity index (χ2n) is 3.70. The quantitative estimate of drug-likeness (QED) is 0.832. The van der Waals surface area contributed by atoms with Crippen LogP contribution in [0.5, 0.6) is 0 Å². The molecule has 1 aromatic carbocycles. The fourth-order valence-corrected chi connectivity index (χ4v) is 1.63. The highest BCUT2D eigenvalue weighted by molar-refractivity contribution is 6.29. The number of carbonyl (C=O) groups is 1. The molecule has 0 fully saturated rings. The maximum Gasteiger partial charge on any atom is 0.335 e. The minimum absolute atomic E-state index is 0.277. The van der Waals surface area contributed by atoms with Crippen molar-refractivity contribution in [3.8, 4) is 0 Å². The number of halogens is 1. The molecule has 0 unspecified atom stereocenters. The minimum Gasteiger partial charge on any atom is -0.478 e. The van der Waals surface area contributed by atoms with Gasteiger partial charge < -0.3 is 10.4 Å². The summed E-state index contributed by atoms with van der Waals surface area (Å²) < 4.78 is 0. The van der Waals surface area contributed by atoms with Gasteiger partial charge in [0.25, 0.3) is 0 Å². The first-order valence-corrected chi connectivity index (χ1v) is 5.71. The van der Waals surface area contributed by atoms with Crippen LogP contribution in [0.15, 0.2) is 42.5 Å². The van der Waals surface area contributed by atoms with Gasteiger partial charge in [-0.3, -0.25) is 0 Å². The molecule has 0 atom stereocenters. The Hall–Kier alpha value is -2.07. The third-order valence-corrected chi connectivity index (χ3v) is 2.60. The summed E-state index contributed by atoms with van der Waals surface area (Å²) in [7, 11) is 0. The van der Waals surface area contributed by atoms with Crippen LogP contribution >= 0.6 is 11.6 Å². The highest BCUT2D eigenvalue weighted by Gasteiger charge is 2.01. The molecule has 4 nitrogen and oxygen atoms in total. The van der Waals surface area contributed by atoms with Gasteiger partial charge in [0.05, 0.1) is 5.56 Å². The van der Waals surface area contributed by atoms with Crippen molar-refractivity contribution in [3.63, 3.8) is 0 Å². The van der Waals surface area contributed by atoms with E-state index in [9.17, 15) is 4.79 Å².